The van der Waals surface area contributed by atoms with Crippen molar-refractivity contribution in [3.8, 4) is 0 Å². The normalized spacial score (nSPS) is 16.9. The fourth-order valence-electron chi connectivity index (χ4n) is 17.0. The SMILES string of the molecule is CC(C)(C)OC(=O)NC1CCN(c2ccc(CCCCCCCS(=O)(=O)C(C)(C)C)cc2)C1.CC(C)(C)S(=O)(=O)CCCCCCCc1ccc(N)cc1.CC(C)(C)S(=O)(=O)CCCCCCCc1ccc(N2CCC(N)C2)cc1.CC(C)(C)S(=O)(=O)CCCCCCCc1ccc(N2CCc3ccccc32)cc1.C[C@@H]1CN(c2ccc(CCCCCCCS(=O)(=O)C(C)(C)C)cc2)C[C@H](C)O1. The molecule has 3 fully saturated rings. The maximum Gasteiger partial charge on any atom is 0.407 e. The highest BCUT2D eigenvalue weighted by Crippen LogP contribution is 2.36. The van der Waals surface area contributed by atoms with Crippen LogP contribution in [0.1, 0.15) is 345 Å². The van der Waals surface area contributed by atoms with Gasteiger partial charge in [-0.05, 0) is 354 Å². The third-order valence-electron chi connectivity index (χ3n) is 26.6. The summed E-state index contributed by atoms with van der Waals surface area (Å²) < 4.78 is 129. The zero-order valence-corrected chi connectivity index (χ0v) is 92.4. The van der Waals surface area contributed by atoms with Gasteiger partial charge in [-0.2, -0.15) is 0 Å². The molecule has 0 radical (unpaired) electrons. The Hall–Kier alpha value is -6.74. The van der Waals surface area contributed by atoms with Crippen LogP contribution < -0.4 is 36.4 Å². The number of para-hydroxylation sites is 1. The molecule has 4 atom stereocenters. The zero-order valence-electron chi connectivity index (χ0n) is 88.3. The molecule has 774 valence electrons. The van der Waals surface area contributed by atoms with Gasteiger partial charge in [0.1, 0.15) is 5.60 Å². The lowest BCUT2D eigenvalue weighted by Gasteiger charge is -2.36. The highest BCUT2D eigenvalue weighted by atomic mass is 32.2. The highest BCUT2D eigenvalue weighted by Gasteiger charge is 2.34. The monoisotopic (exact) mass is 1990 g/mol. The molecular weight excluding hydrogens is 1810 g/mol. The van der Waals surface area contributed by atoms with Crippen LogP contribution in [0.3, 0.4) is 0 Å². The van der Waals surface area contributed by atoms with Gasteiger partial charge >= 0.3 is 6.09 Å². The summed E-state index contributed by atoms with van der Waals surface area (Å²) in [5.74, 6) is 1.56. The van der Waals surface area contributed by atoms with E-state index in [0.717, 1.165) is 257 Å². The largest absolute Gasteiger partial charge is 0.444 e. The predicted molar refractivity (Wildman–Crippen MR) is 582 cm³/mol. The van der Waals surface area contributed by atoms with E-state index in [1.54, 1.807) is 104 Å². The minimum absolute atomic E-state index is 0.109. The minimum atomic E-state index is -2.99. The molecule has 0 saturated carbocycles. The van der Waals surface area contributed by atoms with E-state index in [1.165, 1.54) is 68.2 Å². The second-order valence-corrected chi connectivity index (χ2v) is 59.2. The van der Waals surface area contributed by atoms with E-state index in [9.17, 15) is 46.9 Å². The molecule has 137 heavy (non-hydrogen) atoms. The minimum Gasteiger partial charge on any atom is -0.444 e. The molecule has 20 nitrogen and oxygen atoms in total. The van der Waals surface area contributed by atoms with Crippen molar-refractivity contribution in [2.24, 2.45) is 5.73 Å². The number of nitrogens with one attached hydrogen (secondary N) is 1. The zero-order chi connectivity index (χ0) is 102. The lowest BCUT2D eigenvalue weighted by atomic mass is 10.0. The van der Waals surface area contributed by atoms with Gasteiger partial charge in [0.15, 0.2) is 49.2 Å². The first-order valence-electron chi connectivity index (χ1n) is 51.9. The maximum atomic E-state index is 12.1. The average molecular weight is 2000 g/mol. The Balaban J connectivity index is 0.000000265. The molecular formula is C112H183N7O13S5. The van der Waals surface area contributed by atoms with Gasteiger partial charge in [-0.25, -0.2) is 46.9 Å². The molecule has 10 rings (SSSR count). The van der Waals surface area contributed by atoms with Crippen molar-refractivity contribution in [1.82, 2.24) is 5.32 Å². The molecule has 4 aliphatic heterocycles. The summed E-state index contributed by atoms with van der Waals surface area (Å²) in [5.41, 5.74) is 26.6. The Labute approximate surface area is 833 Å². The molecule has 3 saturated heterocycles. The molecule has 6 aromatic rings. The summed E-state index contributed by atoms with van der Waals surface area (Å²) in [6, 6.07) is 52.7. The summed E-state index contributed by atoms with van der Waals surface area (Å²) in [4.78, 5) is 21.5. The van der Waals surface area contributed by atoms with E-state index in [4.69, 9.17) is 20.9 Å². The number of fused-ring (bicyclic) bond motifs is 1. The topological polar surface area (TPSA) is 283 Å². The lowest BCUT2D eigenvalue weighted by molar-refractivity contribution is -0.00523. The fraction of sp³-hybridized carbons (Fsp3) is 0.670. The summed E-state index contributed by atoms with van der Waals surface area (Å²) in [6.45, 7) is 43.3. The number of ether oxygens (including phenoxy) is 2. The third-order valence-corrected chi connectivity index (χ3v) is 40.1. The predicted octanol–water partition coefficient (Wildman–Crippen LogP) is 24.5. The summed E-state index contributed by atoms with van der Waals surface area (Å²) in [5, 5.41) is 2.97. The first-order valence-corrected chi connectivity index (χ1v) is 60.1. The van der Waals surface area contributed by atoms with E-state index in [2.05, 4.69) is 172 Å². The van der Waals surface area contributed by atoms with Crippen LogP contribution in [0, 0.1) is 0 Å². The quantitative estimate of drug-likeness (QED) is 0.0236. The lowest BCUT2D eigenvalue weighted by Crippen LogP contribution is -2.45. The number of nitrogens with two attached hydrogens (primary N) is 2. The number of morpholine rings is 1. The second kappa shape index (κ2) is 56.3. The van der Waals surface area contributed by atoms with E-state index in [-0.39, 0.29) is 24.3 Å². The molecule has 4 aliphatic rings. The standard InChI is InChI=1S/C26H44N2O4S.C25H35NO2S.C23H39NO3S.C21H36N2O2S.C17H29NO2S/c1-25(2,3)32-24(29)27-22-17-18-28(20-22)23-15-13-21(14-16-23)12-10-8-7-9-11-19-33(30,31)26(4,5)6;1-25(2,3)29(27,28)20-10-6-4-5-7-11-21-14-16-23(17-15-21)26-19-18-22-12-8-9-13-24(22)26;1-19-17-24(18-20(2)27-19)22-14-12-21(13-15-22)11-9-7-6-8-10-16-28(25,26)23(3,4)5;1-21(2,3)26(24,25)16-8-6-4-5-7-9-18-10-12-20(13-11-18)23-15-14-19(22)17-23;1-17(2,3)21(19,20)14-8-6-4-5-7-9-15-10-12-16(18)13-11-15/h13-16,22H,7-12,17-20H2,1-6H3,(H,27,29);8-9,12-17H,4-7,10-11,18-20H2,1-3H3;12-15,19-20H,6-11,16-18H2,1-5H3;10-13,19H,4-9,14-17,22H2,1-3H3;10-13H,4-9,14,18H2,1-3H3/t;;19-,20+;;. The number of hydrogen-bond acceptors (Lipinski definition) is 19. The number of aryl methyl sites for hydroxylation is 5. The number of carbonyl (C=O) groups is 1. The number of hydrogen-bond donors (Lipinski definition) is 3. The van der Waals surface area contributed by atoms with Crippen LogP contribution in [0.4, 0.5) is 38.9 Å². The number of unbranched alkanes of at least 4 members (excludes halogenated alkanes) is 20. The molecule has 25 heteroatoms. The van der Waals surface area contributed by atoms with Gasteiger partial charge in [-0.1, -0.05) is 175 Å². The average Bonchev–Trinajstić information content (AvgIpc) is 1.63. The molecule has 2 unspecified atom stereocenters. The number of nitrogen functional groups attached to an aromatic ring is 1. The summed E-state index contributed by atoms with van der Waals surface area (Å²) in [7, 11) is -14.8. The van der Waals surface area contributed by atoms with E-state index < -0.39 is 78.5 Å². The molecule has 0 aromatic heterocycles. The number of nitrogens with zero attached hydrogens (tertiary/aromatic N) is 4. The number of sulfone groups is 5. The number of benzene rings is 6. The van der Waals surface area contributed by atoms with Crippen LogP contribution in [0.25, 0.3) is 0 Å². The van der Waals surface area contributed by atoms with Crippen LogP contribution >= 0.6 is 0 Å². The second-order valence-electron chi connectivity index (χ2n) is 44.9. The Bertz CT molecular complexity index is 5060. The van der Waals surface area contributed by atoms with Gasteiger partial charge in [-0.3, -0.25) is 0 Å². The van der Waals surface area contributed by atoms with Gasteiger partial charge in [0.05, 0.1) is 70.7 Å². The van der Waals surface area contributed by atoms with Gasteiger partial charge in [0.25, 0.3) is 0 Å². The molecule has 5 N–H and O–H groups in total. The van der Waals surface area contributed by atoms with E-state index in [1.807, 2.05) is 32.9 Å². The fourth-order valence-corrected chi connectivity index (χ4v) is 23.0. The molecule has 0 aliphatic carbocycles. The number of anilines is 6. The molecule has 0 spiro atoms. The van der Waals surface area contributed by atoms with Gasteiger partial charge in [0, 0.05) is 86.0 Å². The third kappa shape index (κ3) is 43.9. The Morgan fingerprint density at radius 2 is 0.620 bits per heavy atom. The first-order chi connectivity index (χ1) is 64.0. The van der Waals surface area contributed by atoms with Gasteiger partial charge < -0.3 is 45.9 Å². The van der Waals surface area contributed by atoms with Gasteiger partial charge in [0.2, 0.25) is 0 Å². The molecule has 4 heterocycles. The Morgan fingerprint density at radius 1 is 0.343 bits per heavy atom. The van der Waals surface area contributed by atoms with Crippen molar-refractivity contribution < 1.29 is 56.4 Å². The van der Waals surface area contributed by atoms with Crippen molar-refractivity contribution in [1.29, 1.82) is 0 Å². The van der Waals surface area contributed by atoms with Crippen LogP contribution in [-0.4, -0.2) is 176 Å². The van der Waals surface area contributed by atoms with Crippen molar-refractivity contribution in [2.75, 3.05) is 99.9 Å². The van der Waals surface area contributed by atoms with Crippen LogP contribution in [0.5, 0.6) is 0 Å². The van der Waals surface area contributed by atoms with Crippen molar-refractivity contribution >= 4 is 89.4 Å². The summed E-state index contributed by atoms with van der Waals surface area (Å²) >= 11 is 0. The van der Waals surface area contributed by atoms with Crippen molar-refractivity contribution in [3.63, 3.8) is 0 Å². The van der Waals surface area contributed by atoms with Crippen molar-refractivity contribution in [2.45, 2.75) is 404 Å². The number of amides is 1. The molecule has 1 amide bonds. The van der Waals surface area contributed by atoms with E-state index in [0.29, 0.717) is 34.8 Å². The Morgan fingerprint density at radius 3 is 0.927 bits per heavy atom. The molecule has 6 aromatic carbocycles. The van der Waals surface area contributed by atoms with Crippen LogP contribution in [-0.2, 0) is 97.2 Å². The maximum absolute atomic E-state index is 12.1. The number of carbonyl (C=O) groups excluding carboxylic acids is 1. The van der Waals surface area contributed by atoms with Crippen LogP contribution in [0.2, 0.25) is 0 Å². The van der Waals surface area contributed by atoms with E-state index >= 15 is 0 Å². The molecule has 0 bridgehead atoms. The van der Waals surface area contributed by atoms with Crippen LogP contribution in [0.15, 0.2) is 146 Å². The summed E-state index contributed by atoms with van der Waals surface area (Å²) in [6.07, 6.45) is 34.7. The van der Waals surface area contributed by atoms with Gasteiger partial charge in [-0.15, -0.1) is 0 Å². The first kappa shape index (κ1) is 119. The smallest absolute Gasteiger partial charge is 0.407 e. The number of rotatable bonds is 45. The highest BCUT2D eigenvalue weighted by molar-refractivity contribution is 7.93. The Kier molecular flexibility index (Phi) is 48.9. The number of alkyl carbamates (subject to hydrolysis) is 1. The van der Waals surface area contributed by atoms with Crippen molar-refractivity contribution in [3.05, 3.63) is 179 Å².